The van der Waals surface area contributed by atoms with E-state index >= 15 is 0 Å². The Bertz CT molecular complexity index is 2060. The molecule has 0 saturated carbocycles. The van der Waals surface area contributed by atoms with Crippen LogP contribution in [0.2, 0.25) is 0 Å². The zero-order valence-corrected chi connectivity index (χ0v) is 34.3. The minimum absolute atomic E-state index is 0.233. The van der Waals surface area contributed by atoms with Gasteiger partial charge in [0.1, 0.15) is 0 Å². The van der Waals surface area contributed by atoms with Crippen molar-refractivity contribution in [1.29, 1.82) is 0 Å². The maximum atomic E-state index is 5.72. The topological polar surface area (TPSA) is 76.1 Å². The van der Waals surface area contributed by atoms with Gasteiger partial charge in [-0.2, -0.15) is 0 Å². The van der Waals surface area contributed by atoms with Crippen LogP contribution in [0.15, 0.2) is 178 Å². The zero-order valence-electron chi connectivity index (χ0n) is 33.4. The standard InChI is InChI=1S/C39H37NS.C9H17N3.C2H6/c1-7-12-14-16-28(6)36-27-31(34-18-15-19-35-33(10-4)38(11-5)41-39(34)35)22-25-37(36)40-32-23-20-30(21-24-32)26-29(9-3)17-13-8-2;1-3-5-6-8(4-2)9(11)12-7-10;1-2/h7-25,27,40H,2,4-6,26H2,1,3H3;3-6,9,12H,2,7,10-11H2,1H3;1-2H3/b12-7-,16-14-,17-13-,29-9+;5-3-,8-6+;. The van der Waals surface area contributed by atoms with Crippen LogP contribution >= 0.6 is 11.3 Å². The van der Waals surface area contributed by atoms with Crippen LogP contribution in [-0.2, 0) is 6.42 Å². The SMILES string of the molecule is C=C/C(=C\C=C/C)C(N)NCN.C=C/C=C\C(=C/C)Cc1ccc(Nc2ccc(-c3cccc4c(C=C)c(C=C)sc34)cc2C(=C)/C=C\C=C/C)cc1.CC. The number of hydrogen-bond donors (Lipinski definition) is 4. The van der Waals surface area contributed by atoms with Crippen LogP contribution in [0.25, 0.3) is 38.9 Å². The van der Waals surface area contributed by atoms with Crippen LogP contribution < -0.4 is 22.1 Å². The fourth-order valence-electron chi connectivity index (χ4n) is 5.50. The van der Waals surface area contributed by atoms with E-state index in [1.807, 2.05) is 82.4 Å². The van der Waals surface area contributed by atoms with Crippen molar-refractivity contribution in [2.24, 2.45) is 11.5 Å². The first-order valence-corrected chi connectivity index (χ1v) is 19.5. The van der Waals surface area contributed by atoms with Crippen molar-refractivity contribution >= 4 is 50.5 Å². The summed E-state index contributed by atoms with van der Waals surface area (Å²) >= 11 is 1.76. The molecule has 4 rings (SSSR count). The molecule has 1 aromatic heterocycles. The molecule has 0 saturated heterocycles. The predicted octanol–water partition coefficient (Wildman–Crippen LogP) is 13.5. The number of anilines is 2. The Labute approximate surface area is 335 Å². The highest BCUT2D eigenvalue weighted by molar-refractivity contribution is 7.20. The first-order valence-electron chi connectivity index (χ1n) is 18.7. The zero-order chi connectivity index (χ0) is 40.6. The molecule has 0 fully saturated rings. The number of fused-ring (bicyclic) bond motifs is 1. The minimum atomic E-state index is -0.233. The summed E-state index contributed by atoms with van der Waals surface area (Å²) in [4.78, 5) is 1.14. The van der Waals surface area contributed by atoms with Gasteiger partial charge in [-0.15, -0.1) is 11.3 Å². The fraction of sp³-hybridized carbons (Fsp3) is 0.160. The predicted molar refractivity (Wildman–Crippen MR) is 252 cm³/mol. The normalized spacial score (nSPS) is 12.3. The Balaban J connectivity index is 0.000000638. The molecule has 0 aliphatic carbocycles. The summed E-state index contributed by atoms with van der Waals surface area (Å²) in [6.07, 6.45) is 28.1. The van der Waals surface area contributed by atoms with Crippen molar-refractivity contribution < 1.29 is 0 Å². The maximum Gasteiger partial charge on any atom is 0.0819 e. The van der Waals surface area contributed by atoms with Crippen LogP contribution in [0.4, 0.5) is 11.4 Å². The number of nitrogens with two attached hydrogens (primary N) is 2. The number of allylic oxidation sites excluding steroid dienone is 13. The van der Waals surface area contributed by atoms with Crippen molar-refractivity contribution in [3.63, 3.8) is 0 Å². The Morgan fingerprint density at radius 2 is 1.58 bits per heavy atom. The van der Waals surface area contributed by atoms with Gasteiger partial charge in [0, 0.05) is 38.6 Å². The Kier molecular flexibility index (Phi) is 21.1. The number of benzene rings is 3. The highest BCUT2D eigenvalue weighted by atomic mass is 32.1. The summed E-state index contributed by atoms with van der Waals surface area (Å²) < 4.78 is 1.23. The molecular weight excluding hydrogens is 689 g/mol. The van der Waals surface area contributed by atoms with Gasteiger partial charge in [0.05, 0.1) is 6.17 Å². The minimum Gasteiger partial charge on any atom is -0.355 e. The number of rotatable bonds is 17. The maximum absolute atomic E-state index is 5.72. The third-order valence-electron chi connectivity index (χ3n) is 8.32. The van der Waals surface area contributed by atoms with E-state index in [9.17, 15) is 0 Å². The molecule has 0 spiro atoms. The third-order valence-corrected chi connectivity index (χ3v) is 9.57. The molecule has 0 radical (unpaired) electrons. The van der Waals surface area contributed by atoms with Crippen LogP contribution in [-0.4, -0.2) is 12.8 Å². The van der Waals surface area contributed by atoms with Gasteiger partial charge in [-0.3, -0.25) is 5.32 Å². The molecule has 1 heterocycles. The molecule has 0 aliphatic heterocycles. The molecular formula is C50H60N4S. The number of nitrogens with one attached hydrogen (secondary N) is 2. The lowest BCUT2D eigenvalue weighted by molar-refractivity contribution is 0.609. The average molecular weight is 749 g/mol. The summed E-state index contributed by atoms with van der Waals surface area (Å²) in [5.41, 5.74) is 21.9. The van der Waals surface area contributed by atoms with Gasteiger partial charge in [0.2, 0.25) is 0 Å². The molecule has 5 heteroatoms. The van der Waals surface area contributed by atoms with Gasteiger partial charge in [-0.1, -0.05) is 168 Å². The molecule has 1 atom stereocenters. The van der Waals surface area contributed by atoms with Gasteiger partial charge in [-0.05, 0) is 90.4 Å². The number of thiophene rings is 1. The molecule has 6 N–H and O–H groups in total. The van der Waals surface area contributed by atoms with Gasteiger partial charge >= 0.3 is 0 Å². The van der Waals surface area contributed by atoms with E-state index in [1.54, 1.807) is 23.5 Å². The molecule has 286 valence electrons. The Morgan fingerprint density at radius 1 is 0.855 bits per heavy atom. The monoisotopic (exact) mass is 748 g/mol. The van der Waals surface area contributed by atoms with E-state index in [0.29, 0.717) is 6.67 Å². The van der Waals surface area contributed by atoms with E-state index in [4.69, 9.17) is 11.5 Å². The van der Waals surface area contributed by atoms with E-state index < -0.39 is 0 Å². The van der Waals surface area contributed by atoms with Gasteiger partial charge in [0.25, 0.3) is 0 Å². The quantitative estimate of drug-likeness (QED) is 0.0641. The lowest BCUT2D eigenvalue weighted by Crippen LogP contribution is -2.41. The van der Waals surface area contributed by atoms with Gasteiger partial charge in [0.15, 0.2) is 0 Å². The highest BCUT2D eigenvalue weighted by Crippen LogP contribution is 2.41. The van der Waals surface area contributed by atoms with E-state index in [1.165, 1.54) is 26.8 Å². The second kappa shape index (κ2) is 25.5. The van der Waals surface area contributed by atoms with Gasteiger partial charge < -0.3 is 16.8 Å². The van der Waals surface area contributed by atoms with Crippen molar-refractivity contribution in [3.05, 3.63) is 199 Å². The highest BCUT2D eigenvalue weighted by Gasteiger charge is 2.14. The molecule has 1 unspecified atom stereocenters. The van der Waals surface area contributed by atoms with Crippen molar-refractivity contribution in [2.45, 2.75) is 47.2 Å². The Hall–Kier alpha value is -5.56. The largest absolute Gasteiger partial charge is 0.355 e. The lowest BCUT2D eigenvalue weighted by Gasteiger charge is -2.15. The molecule has 4 aromatic rings. The summed E-state index contributed by atoms with van der Waals surface area (Å²) in [5, 5.41) is 7.73. The summed E-state index contributed by atoms with van der Waals surface area (Å²) in [5.74, 6) is 0. The molecule has 4 nitrogen and oxygen atoms in total. The van der Waals surface area contributed by atoms with Gasteiger partial charge in [-0.25, -0.2) is 0 Å². The smallest absolute Gasteiger partial charge is 0.0819 e. The lowest BCUT2D eigenvalue weighted by atomic mass is 9.96. The van der Waals surface area contributed by atoms with E-state index in [-0.39, 0.29) is 6.17 Å². The molecule has 3 aromatic carbocycles. The van der Waals surface area contributed by atoms with E-state index in [2.05, 4.69) is 129 Å². The Morgan fingerprint density at radius 3 is 2.18 bits per heavy atom. The van der Waals surface area contributed by atoms with Crippen molar-refractivity contribution in [1.82, 2.24) is 5.32 Å². The third kappa shape index (κ3) is 13.7. The van der Waals surface area contributed by atoms with Crippen LogP contribution in [0.1, 0.15) is 56.2 Å². The fourth-order valence-corrected chi connectivity index (χ4v) is 6.69. The summed E-state index contributed by atoms with van der Waals surface area (Å²) in [7, 11) is 0. The number of hydrogen-bond acceptors (Lipinski definition) is 5. The second-order valence-electron chi connectivity index (χ2n) is 11.9. The molecule has 55 heavy (non-hydrogen) atoms. The summed E-state index contributed by atoms with van der Waals surface area (Å²) in [6, 6.07) is 21.7. The molecule has 0 amide bonds. The van der Waals surface area contributed by atoms with Crippen molar-refractivity contribution in [2.75, 3.05) is 12.0 Å². The second-order valence-corrected chi connectivity index (χ2v) is 12.9. The van der Waals surface area contributed by atoms with Crippen LogP contribution in [0.3, 0.4) is 0 Å². The van der Waals surface area contributed by atoms with Crippen LogP contribution in [0, 0.1) is 0 Å². The molecule has 0 bridgehead atoms. The first-order chi connectivity index (χ1) is 26.8. The summed E-state index contributed by atoms with van der Waals surface area (Å²) in [6.45, 7) is 30.3. The van der Waals surface area contributed by atoms with E-state index in [0.717, 1.165) is 50.5 Å². The molecule has 0 aliphatic rings. The first kappa shape index (κ1) is 45.6. The average Bonchev–Trinajstić information content (AvgIpc) is 3.60. The van der Waals surface area contributed by atoms with Crippen molar-refractivity contribution in [3.8, 4) is 11.1 Å². The van der Waals surface area contributed by atoms with Crippen LogP contribution in [0.5, 0.6) is 0 Å².